The Morgan fingerprint density at radius 1 is 1.24 bits per heavy atom. The zero-order chi connectivity index (χ0) is 14.2. The van der Waals surface area contributed by atoms with E-state index in [0.717, 1.165) is 56.0 Å². The van der Waals surface area contributed by atoms with Gasteiger partial charge in [0.1, 0.15) is 0 Å². The number of thioether (sulfide) groups is 1. The van der Waals surface area contributed by atoms with E-state index in [1.165, 1.54) is 4.90 Å². The van der Waals surface area contributed by atoms with Gasteiger partial charge in [0.2, 0.25) is 5.91 Å². The molecule has 112 valence electrons. The Morgan fingerprint density at radius 2 is 2.00 bits per heavy atom. The van der Waals surface area contributed by atoms with Gasteiger partial charge >= 0.3 is 0 Å². The summed E-state index contributed by atoms with van der Waals surface area (Å²) < 4.78 is 0. The number of para-hydroxylation sites is 1. The number of likely N-dealkylation sites (tertiary alicyclic amines) is 1. The molecule has 0 aromatic heterocycles. The van der Waals surface area contributed by atoms with Crippen LogP contribution in [0.4, 0.5) is 5.69 Å². The molecule has 2 fully saturated rings. The summed E-state index contributed by atoms with van der Waals surface area (Å²) >= 11 is 1.85. The summed E-state index contributed by atoms with van der Waals surface area (Å²) in [5.41, 5.74) is 1.10. The van der Waals surface area contributed by atoms with Gasteiger partial charge in [-0.05, 0) is 37.1 Å². The van der Waals surface area contributed by atoms with Crippen LogP contribution in [0, 0.1) is 11.8 Å². The van der Waals surface area contributed by atoms with Crippen molar-refractivity contribution in [1.29, 1.82) is 0 Å². The minimum atomic E-state index is 0.260. The van der Waals surface area contributed by atoms with Crippen LogP contribution in [-0.4, -0.2) is 55.8 Å². The minimum absolute atomic E-state index is 0.260. The van der Waals surface area contributed by atoms with Crippen molar-refractivity contribution in [3.8, 4) is 0 Å². The van der Waals surface area contributed by atoms with Gasteiger partial charge in [-0.1, -0.05) is 12.1 Å². The third kappa shape index (κ3) is 2.58. The highest BCUT2D eigenvalue weighted by Gasteiger charge is 2.37. The van der Waals surface area contributed by atoms with Crippen molar-refractivity contribution in [3.63, 3.8) is 0 Å². The van der Waals surface area contributed by atoms with E-state index in [1.807, 2.05) is 22.7 Å². The fourth-order valence-electron chi connectivity index (χ4n) is 3.79. The maximum atomic E-state index is 12.7. The molecule has 3 aliphatic heterocycles. The number of nitrogens with one attached hydrogen (secondary N) is 1. The highest BCUT2D eigenvalue weighted by atomic mass is 32.2. The number of nitrogens with zero attached hydrogens (tertiary/aromatic N) is 2. The second kappa shape index (κ2) is 5.63. The Labute approximate surface area is 129 Å². The molecular weight excluding hydrogens is 282 g/mol. The Hall–Kier alpha value is -1.04. The zero-order valence-corrected chi connectivity index (χ0v) is 12.9. The maximum absolute atomic E-state index is 12.7. The molecule has 1 N–H and O–H groups in total. The number of benzene rings is 1. The number of carbonyl (C=O) groups excluding carboxylic acids is 1. The average Bonchev–Trinajstić information content (AvgIpc) is 3.07. The zero-order valence-electron chi connectivity index (χ0n) is 12.1. The number of carbonyl (C=O) groups is 1. The monoisotopic (exact) mass is 303 g/mol. The van der Waals surface area contributed by atoms with E-state index in [-0.39, 0.29) is 5.91 Å². The lowest BCUT2D eigenvalue weighted by Crippen LogP contribution is -2.42. The Kier molecular flexibility index (Phi) is 3.65. The van der Waals surface area contributed by atoms with Crippen molar-refractivity contribution >= 4 is 23.4 Å². The van der Waals surface area contributed by atoms with Crippen molar-refractivity contribution in [1.82, 2.24) is 10.2 Å². The van der Waals surface area contributed by atoms with Crippen molar-refractivity contribution in [3.05, 3.63) is 24.3 Å². The van der Waals surface area contributed by atoms with Crippen molar-refractivity contribution in [2.75, 3.05) is 49.9 Å². The fourth-order valence-corrected chi connectivity index (χ4v) is 4.78. The van der Waals surface area contributed by atoms with Crippen LogP contribution in [0.2, 0.25) is 0 Å². The molecule has 2 atom stereocenters. The van der Waals surface area contributed by atoms with E-state index in [2.05, 4.69) is 28.4 Å². The summed E-state index contributed by atoms with van der Waals surface area (Å²) in [7, 11) is 0. The molecule has 1 aromatic rings. The molecule has 2 saturated heterocycles. The summed E-state index contributed by atoms with van der Waals surface area (Å²) in [4.78, 5) is 18.3. The Balaban J connectivity index is 1.44. The van der Waals surface area contributed by atoms with Crippen molar-refractivity contribution in [2.45, 2.75) is 4.90 Å². The number of anilines is 1. The molecule has 0 aliphatic carbocycles. The summed E-state index contributed by atoms with van der Waals surface area (Å²) in [6.07, 6.45) is 0. The van der Waals surface area contributed by atoms with E-state index in [9.17, 15) is 4.79 Å². The Morgan fingerprint density at radius 3 is 2.81 bits per heavy atom. The van der Waals surface area contributed by atoms with Gasteiger partial charge in [0, 0.05) is 30.3 Å². The van der Waals surface area contributed by atoms with Gasteiger partial charge in [0.15, 0.2) is 0 Å². The van der Waals surface area contributed by atoms with Crippen LogP contribution in [0.5, 0.6) is 0 Å². The highest BCUT2D eigenvalue weighted by Crippen LogP contribution is 2.34. The van der Waals surface area contributed by atoms with Crippen LogP contribution in [-0.2, 0) is 4.79 Å². The molecule has 3 heterocycles. The summed E-state index contributed by atoms with van der Waals surface area (Å²) in [6.45, 7) is 5.81. The molecule has 0 radical (unpaired) electrons. The van der Waals surface area contributed by atoms with Gasteiger partial charge in [-0.2, -0.15) is 0 Å². The lowest BCUT2D eigenvalue weighted by atomic mass is 10.0. The van der Waals surface area contributed by atoms with Gasteiger partial charge in [0.05, 0.1) is 12.2 Å². The Bertz CT molecular complexity index is 538. The van der Waals surface area contributed by atoms with Gasteiger partial charge in [-0.25, -0.2) is 0 Å². The van der Waals surface area contributed by atoms with Crippen LogP contribution in [0.3, 0.4) is 0 Å². The maximum Gasteiger partial charge on any atom is 0.241 e. The van der Waals surface area contributed by atoms with E-state index in [4.69, 9.17) is 0 Å². The molecule has 21 heavy (non-hydrogen) atoms. The molecule has 0 spiro atoms. The smallest absolute Gasteiger partial charge is 0.241 e. The predicted octanol–water partition coefficient (Wildman–Crippen LogP) is 1.28. The first kappa shape index (κ1) is 13.6. The molecule has 1 aromatic carbocycles. The van der Waals surface area contributed by atoms with Crippen LogP contribution >= 0.6 is 11.8 Å². The summed E-state index contributed by atoms with van der Waals surface area (Å²) in [5, 5.41) is 3.45. The van der Waals surface area contributed by atoms with Crippen LogP contribution in [0.1, 0.15) is 0 Å². The number of amides is 1. The topological polar surface area (TPSA) is 35.6 Å². The molecule has 0 bridgehead atoms. The first-order valence-corrected chi connectivity index (χ1v) is 8.75. The van der Waals surface area contributed by atoms with Crippen molar-refractivity contribution < 1.29 is 4.79 Å². The molecule has 1 amide bonds. The highest BCUT2D eigenvalue weighted by molar-refractivity contribution is 7.99. The van der Waals surface area contributed by atoms with E-state index in [1.54, 1.807) is 0 Å². The number of hydrogen-bond acceptors (Lipinski definition) is 4. The fraction of sp³-hybridized carbons (Fsp3) is 0.562. The molecule has 0 unspecified atom stereocenters. The molecule has 4 nitrogen and oxygen atoms in total. The first-order valence-electron chi connectivity index (χ1n) is 7.76. The van der Waals surface area contributed by atoms with Gasteiger partial charge in [-0.3, -0.25) is 9.69 Å². The number of rotatable bonds is 2. The van der Waals surface area contributed by atoms with E-state index >= 15 is 0 Å². The molecule has 5 heteroatoms. The number of fused-ring (bicyclic) bond motifs is 2. The molecular formula is C16H21N3OS. The summed E-state index contributed by atoms with van der Waals surface area (Å²) in [5.74, 6) is 2.76. The number of hydrogen-bond donors (Lipinski definition) is 1. The van der Waals surface area contributed by atoms with E-state index in [0.29, 0.717) is 6.54 Å². The lowest BCUT2D eigenvalue weighted by molar-refractivity contribution is -0.119. The lowest BCUT2D eigenvalue weighted by Gasteiger charge is -2.30. The molecule has 0 saturated carbocycles. The van der Waals surface area contributed by atoms with Crippen LogP contribution in [0.25, 0.3) is 0 Å². The molecule has 3 aliphatic rings. The second-order valence-corrected chi connectivity index (χ2v) is 7.37. The van der Waals surface area contributed by atoms with Gasteiger partial charge < -0.3 is 10.2 Å². The third-order valence-corrected chi connectivity index (χ3v) is 5.90. The summed E-state index contributed by atoms with van der Waals surface area (Å²) in [6, 6.07) is 8.26. The van der Waals surface area contributed by atoms with Gasteiger partial charge in [-0.15, -0.1) is 11.8 Å². The minimum Gasteiger partial charge on any atom is -0.316 e. The normalized spacial score (nSPS) is 28.5. The van der Waals surface area contributed by atoms with Crippen LogP contribution < -0.4 is 10.2 Å². The standard InChI is InChI=1S/C16H21N3OS/c20-16(11-18-9-12-7-17-8-13(12)10-18)19-5-6-21-15-4-2-1-3-14(15)19/h1-4,12-13,17H,5-11H2/t12-,13+. The average molecular weight is 303 g/mol. The van der Waals surface area contributed by atoms with Gasteiger partial charge in [0.25, 0.3) is 0 Å². The SMILES string of the molecule is O=C(CN1C[C@H]2CNC[C@H]2C1)N1CCSc2ccccc21. The second-order valence-electron chi connectivity index (χ2n) is 6.23. The largest absolute Gasteiger partial charge is 0.316 e. The van der Waals surface area contributed by atoms with Crippen molar-refractivity contribution in [2.24, 2.45) is 11.8 Å². The first-order chi connectivity index (χ1) is 10.3. The van der Waals surface area contributed by atoms with E-state index < -0.39 is 0 Å². The van der Waals surface area contributed by atoms with Crippen LogP contribution in [0.15, 0.2) is 29.2 Å². The third-order valence-electron chi connectivity index (χ3n) is 4.85. The predicted molar refractivity (Wildman–Crippen MR) is 85.8 cm³/mol. The quantitative estimate of drug-likeness (QED) is 0.893. The molecule has 4 rings (SSSR count).